The maximum atomic E-state index is 9.46. The third-order valence-corrected chi connectivity index (χ3v) is 5.65. The van der Waals surface area contributed by atoms with Crippen LogP contribution >= 0.6 is 46.1 Å². The van der Waals surface area contributed by atoms with Crippen molar-refractivity contribution >= 4 is 57.4 Å². The van der Waals surface area contributed by atoms with Gasteiger partial charge in [0.25, 0.3) is 0 Å². The van der Waals surface area contributed by atoms with Crippen molar-refractivity contribution in [3.63, 3.8) is 0 Å². The average Bonchev–Trinajstić information content (AvgIpc) is 3.11. The molecule has 0 aliphatic rings. The first-order valence-corrected chi connectivity index (χ1v) is 9.53. The maximum Gasteiger partial charge on any atom is 0.136 e. The van der Waals surface area contributed by atoms with Crippen LogP contribution in [0.15, 0.2) is 48.0 Å². The number of allylic oxidation sites excluding steroid dienone is 1. The molecule has 1 aromatic heterocycles. The summed E-state index contributed by atoms with van der Waals surface area (Å²) in [6.45, 7) is 1.93. The molecule has 0 aliphatic carbocycles. The summed E-state index contributed by atoms with van der Waals surface area (Å²) in [6, 6.07) is 13.1. The summed E-state index contributed by atoms with van der Waals surface area (Å²) in [6.07, 6.45) is 1.62. The topological polar surface area (TPSA) is 48.7 Å². The van der Waals surface area contributed by atoms with Gasteiger partial charge in [-0.1, -0.05) is 46.9 Å². The van der Waals surface area contributed by atoms with Gasteiger partial charge in [0.1, 0.15) is 16.6 Å². The molecule has 2 aromatic carbocycles. The van der Waals surface area contributed by atoms with Gasteiger partial charge in [0.15, 0.2) is 0 Å². The molecule has 0 saturated carbocycles. The van der Waals surface area contributed by atoms with Crippen LogP contribution in [-0.4, -0.2) is 4.98 Å². The van der Waals surface area contributed by atoms with E-state index in [0.717, 1.165) is 22.5 Å². The molecule has 7 heteroatoms. The molecule has 0 fully saturated rings. The normalized spacial score (nSPS) is 11.3. The largest absolute Gasteiger partial charge is 0.360 e. The summed E-state index contributed by atoms with van der Waals surface area (Å²) >= 11 is 19.5. The fraction of sp³-hybridized carbons (Fsp3) is 0.0526. The van der Waals surface area contributed by atoms with Crippen LogP contribution in [0.4, 0.5) is 5.69 Å². The summed E-state index contributed by atoms with van der Waals surface area (Å²) in [4.78, 5) is 4.53. The van der Waals surface area contributed by atoms with Crippen molar-refractivity contribution in [3.8, 4) is 17.3 Å². The minimum absolute atomic E-state index is 0.429. The molecule has 0 aliphatic heterocycles. The predicted octanol–water partition coefficient (Wildman–Crippen LogP) is 7.06. The number of thiazole rings is 1. The van der Waals surface area contributed by atoms with E-state index in [1.807, 2.05) is 36.6 Å². The summed E-state index contributed by atoms with van der Waals surface area (Å²) in [5.74, 6) is 0. The first-order valence-electron chi connectivity index (χ1n) is 7.52. The van der Waals surface area contributed by atoms with Crippen LogP contribution in [0.5, 0.6) is 0 Å². The summed E-state index contributed by atoms with van der Waals surface area (Å²) in [7, 11) is 0. The molecule has 1 heterocycles. The second-order valence-corrected chi connectivity index (χ2v) is 7.52. The lowest BCUT2D eigenvalue weighted by Crippen LogP contribution is -1.91. The van der Waals surface area contributed by atoms with Gasteiger partial charge in [0.2, 0.25) is 0 Å². The number of anilines is 1. The van der Waals surface area contributed by atoms with E-state index in [1.54, 1.807) is 18.3 Å². The van der Waals surface area contributed by atoms with Gasteiger partial charge in [0.05, 0.1) is 15.7 Å². The molecular formula is C19H12Cl3N3S. The highest BCUT2D eigenvalue weighted by Gasteiger charge is 2.10. The minimum atomic E-state index is 0.429. The summed E-state index contributed by atoms with van der Waals surface area (Å²) in [5, 5.41) is 16.7. The number of nitrogens with one attached hydrogen (secondary N) is 1. The van der Waals surface area contributed by atoms with Crippen molar-refractivity contribution in [1.29, 1.82) is 5.26 Å². The Morgan fingerprint density at radius 3 is 2.62 bits per heavy atom. The van der Waals surface area contributed by atoms with E-state index >= 15 is 0 Å². The number of benzene rings is 2. The van der Waals surface area contributed by atoms with E-state index in [1.165, 1.54) is 11.3 Å². The highest BCUT2D eigenvalue weighted by molar-refractivity contribution is 7.11. The van der Waals surface area contributed by atoms with Crippen LogP contribution in [0.2, 0.25) is 15.1 Å². The fourth-order valence-electron chi connectivity index (χ4n) is 2.17. The quantitative estimate of drug-likeness (QED) is 0.460. The van der Waals surface area contributed by atoms with Gasteiger partial charge in [-0.25, -0.2) is 4.98 Å². The molecule has 3 rings (SSSR count). The van der Waals surface area contributed by atoms with Gasteiger partial charge in [-0.15, -0.1) is 11.3 Å². The number of hydrogen-bond acceptors (Lipinski definition) is 4. The summed E-state index contributed by atoms with van der Waals surface area (Å²) in [5.41, 5.74) is 3.81. The zero-order chi connectivity index (χ0) is 18.7. The number of rotatable bonds is 4. The molecule has 3 nitrogen and oxygen atoms in total. The van der Waals surface area contributed by atoms with Gasteiger partial charge in [-0.3, -0.25) is 0 Å². The molecule has 0 amide bonds. The van der Waals surface area contributed by atoms with Gasteiger partial charge >= 0.3 is 0 Å². The Balaban J connectivity index is 1.84. The van der Waals surface area contributed by atoms with Crippen molar-refractivity contribution in [3.05, 3.63) is 73.6 Å². The lowest BCUT2D eigenvalue weighted by Gasteiger charge is -2.04. The smallest absolute Gasteiger partial charge is 0.136 e. The van der Waals surface area contributed by atoms with E-state index in [0.29, 0.717) is 25.6 Å². The SMILES string of the molecule is Cc1ccc(NC=C(C#N)c2nc(-c3ccc(Cl)c(Cl)c3)cs2)cc1Cl. The van der Waals surface area contributed by atoms with Crippen molar-refractivity contribution in [1.82, 2.24) is 4.98 Å². The number of halogens is 3. The van der Waals surface area contributed by atoms with Crippen LogP contribution in [0.3, 0.4) is 0 Å². The Morgan fingerprint density at radius 1 is 1.12 bits per heavy atom. The van der Waals surface area contributed by atoms with E-state index in [4.69, 9.17) is 34.8 Å². The molecule has 0 bridgehead atoms. The molecule has 130 valence electrons. The number of aryl methyl sites for hydroxylation is 1. The Bertz CT molecular complexity index is 1030. The molecule has 26 heavy (non-hydrogen) atoms. The first-order chi connectivity index (χ1) is 12.5. The zero-order valence-electron chi connectivity index (χ0n) is 13.6. The molecule has 0 atom stereocenters. The molecule has 0 saturated heterocycles. The Morgan fingerprint density at radius 2 is 1.92 bits per heavy atom. The third kappa shape index (κ3) is 4.20. The van der Waals surface area contributed by atoms with Gasteiger partial charge in [-0.05, 0) is 36.8 Å². The molecule has 0 unspecified atom stereocenters. The highest BCUT2D eigenvalue weighted by atomic mass is 35.5. The predicted molar refractivity (Wildman–Crippen MR) is 111 cm³/mol. The first kappa shape index (κ1) is 18.8. The second-order valence-electron chi connectivity index (χ2n) is 5.44. The fourth-order valence-corrected chi connectivity index (χ4v) is 3.44. The van der Waals surface area contributed by atoms with Crippen LogP contribution in [0.25, 0.3) is 16.8 Å². The van der Waals surface area contributed by atoms with Crippen molar-refractivity contribution in [2.24, 2.45) is 0 Å². The van der Waals surface area contributed by atoms with E-state index in [-0.39, 0.29) is 0 Å². The number of hydrogen-bond donors (Lipinski definition) is 1. The molecule has 1 N–H and O–H groups in total. The molecule has 0 spiro atoms. The van der Waals surface area contributed by atoms with Crippen LogP contribution in [0, 0.1) is 18.3 Å². The number of aromatic nitrogens is 1. The lowest BCUT2D eigenvalue weighted by molar-refractivity contribution is 1.36. The van der Waals surface area contributed by atoms with E-state index in [2.05, 4.69) is 16.4 Å². The zero-order valence-corrected chi connectivity index (χ0v) is 16.6. The van der Waals surface area contributed by atoms with Crippen molar-refractivity contribution in [2.45, 2.75) is 6.92 Å². The average molecular weight is 421 g/mol. The van der Waals surface area contributed by atoms with E-state index < -0.39 is 0 Å². The highest BCUT2D eigenvalue weighted by Crippen LogP contribution is 2.31. The standard InChI is InChI=1S/C19H12Cl3N3S/c1-11-2-4-14(7-16(11)21)24-9-13(8-23)19-25-18(10-26-19)12-3-5-15(20)17(22)6-12/h2-7,9-10,24H,1H3. The Labute approximate surface area is 170 Å². The van der Waals surface area contributed by atoms with Crippen LogP contribution in [-0.2, 0) is 0 Å². The minimum Gasteiger partial charge on any atom is -0.360 e. The van der Waals surface area contributed by atoms with Gasteiger partial charge in [-0.2, -0.15) is 5.26 Å². The van der Waals surface area contributed by atoms with Gasteiger partial charge in [0, 0.05) is 27.9 Å². The monoisotopic (exact) mass is 419 g/mol. The number of nitrogens with zero attached hydrogens (tertiary/aromatic N) is 2. The number of nitriles is 1. The van der Waals surface area contributed by atoms with Gasteiger partial charge < -0.3 is 5.32 Å². The maximum absolute atomic E-state index is 9.46. The lowest BCUT2D eigenvalue weighted by atomic mass is 10.2. The summed E-state index contributed by atoms with van der Waals surface area (Å²) < 4.78 is 0. The molecule has 3 aromatic rings. The molecule has 0 radical (unpaired) electrons. The Hall–Kier alpha value is -2.03. The van der Waals surface area contributed by atoms with Crippen molar-refractivity contribution in [2.75, 3.05) is 5.32 Å². The van der Waals surface area contributed by atoms with Crippen LogP contribution in [0.1, 0.15) is 10.6 Å². The van der Waals surface area contributed by atoms with Crippen molar-refractivity contribution < 1.29 is 0 Å². The Kier molecular flexibility index (Phi) is 5.85. The van der Waals surface area contributed by atoms with Crippen LogP contribution < -0.4 is 5.32 Å². The third-order valence-electron chi connectivity index (χ3n) is 3.63. The van der Waals surface area contributed by atoms with E-state index in [9.17, 15) is 5.26 Å². The molecular weight excluding hydrogens is 409 g/mol. The second kappa shape index (κ2) is 8.11.